The summed E-state index contributed by atoms with van der Waals surface area (Å²) >= 11 is 0. The molecule has 3 rings (SSSR count). The number of aromatic nitrogens is 3. The number of aryl methyl sites for hydroxylation is 2. The van der Waals surface area contributed by atoms with Crippen molar-refractivity contribution in [2.24, 2.45) is 7.05 Å². The molecule has 0 saturated heterocycles. The number of imidazole rings is 1. The minimum atomic E-state index is -0.586. The van der Waals surface area contributed by atoms with E-state index in [0.29, 0.717) is 5.82 Å². The molecule has 2 aromatic heterocycles. The van der Waals surface area contributed by atoms with Crippen LogP contribution in [0.2, 0.25) is 0 Å². The quantitative estimate of drug-likeness (QED) is 0.775. The van der Waals surface area contributed by atoms with Crippen LogP contribution in [0.4, 0.5) is 11.5 Å². The van der Waals surface area contributed by atoms with Crippen LogP contribution in [-0.4, -0.2) is 19.6 Å². The lowest BCUT2D eigenvalue weighted by Crippen LogP contribution is -2.01. The second-order valence-electron chi connectivity index (χ2n) is 5.20. The van der Waals surface area contributed by atoms with Crippen LogP contribution in [-0.2, 0) is 7.05 Å². The highest BCUT2D eigenvalue weighted by atomic mass is 16.3. The molecule has 1 aromatic carbocycles. The maximum atomic E-state index is 9.73. The van der Waals surface area contributed by atoms with Gasteiger partial charge in [0.15, 0.2) is 0 Å². The predicted molar refractivity (Wildman–Crippen MR) is 83.6 cm³/mol. The third-order valence-electron chi connectivity index (χ3n) is 3.45. The van der Waals surface area contributed by atoms with Crippen LogP contribution >= 0.6 is 0 Å². The first-order chi connectivity index (χ1) is 10.0. The molecule has 1 unspecified atom stereocenters. The van der Waals surface area contributed by atoms with Crippen molar-refractivity contribution in [3.05, 3.63) is 47.9 Å². The Bertz CT molecular complexity index is 792. The molecule has 0 aliphatic rings. The van der Waals surface area contributed by atoms with Crippen LogP contribution in [0.5, 0.6) is 0 Å². The van der Waals surface area contributed by atoms with Crippen molar-refractivity contribution < 1.29 is 5.11 Å². The standard InChI is InChI=1S/C16H18N4O/c1-10-5-4-6-15(17-10)18-12-7-8-14-13(9-12)19-16(11(2)21)20(14)3/h4-9,11,21H,1-3H3,(H,17,18). The van der Waals surface area contributed by atoms with Crippen molar-refractivity contribution in [1.82, 2.24) is 14.5 Å². The van der Waals surface area contributed by atoms with E-state index in [1.54, 1.807) is 6.92 Å². The van der Waals surface area contributed by atoms with Crippen LogP contribution in [0.1, 0.15) is 24.5 Å². The summed E-state index contributed by atoms with van der Waals surface area (Å²) in [6, 6.07) is 11.8. The van der Waals surface area contributed by atoms with Gasteiger partial charge >= 0.3 is 0 Å². The van der Waals surface area contributed by atoms with Crippen molar-refractivity contribution in [2.75, 3.05) is 5.32 Å². The maximum Gasteiger partial charge on any atom is 0.138 e. The first-order valence-corrected chi connectivity index (χ1v) is 6.90. The molecule has 2 heterocycles. The molecule has 0 amide bonds. The zero-order valence-electron chi connectivity index (χ0n) is 12.3. The molecule has 1 atom stereocenters. The SMILES string of the molecule is Cc1cccc(Nc2ccc3c(c2)nc(C(C)O)n3C)n1. The second kappa shape index (κ2) is 5.18. The Morgan fingerprint density at radius 1 is 1.19 bits per heavy atom. The Kier molecular flexibility index (Phi) is 3.35. The van der Waals surface area contributed by atoms with Gasteiger partial charge in [-0.15, -0.1) is 0 Å². The molecular formula is C16H18N4O. The summed E-state index contributed by atoms with van der Waals surface area (Å²) in [5.41, 5.74) is 3.74. The third kappa shape index (κ3) is 2.60. The minimum Gasteiger partial charge on any atom is -0.385 e. The maximum absolute atomic E-state index is 9.73. The van der Waals surface area contributed by atoms with E-state index in [0.717, 1.165) is 28.2 Å². The molecule has 3 aromatic rings. The lowest BCUT2D eigenvalue weighted by Gasteiger charge is -2.06. The number of fused-ring (bicyclic) bond motifs is 1. The molecule has 5 nitrogen and oxygen atoms in total. The van der Waals surface area contributed by atoms with Crippen molar-refractivity contribution in [3.63, 3.8) is 0 Å². The van der Waals surface area contributed by atoms with Crippen molar-refractivity contribution in [3.8, 4) is 0 Å². The van der Waals surface area contributed by atoms with Crippen molar-refractivity contribution in [1.29, 1.82) is 0 Å². The summed E-state index contributed by atoms with van der Waals surface area (Å²) in [7, 11) is 1.91. The molecule has 0 spiro atoms. The molecule has 0 bridgehead atoms. The first kappa shape index (κ1) is 13.6. The van der Waals surface area contributed by atoms with E-state index in [2.05, 4.69) is 15.3 Å². The largest absolute Gasteiger partial charge is 0.385 e. The van der Waals surface area contributed by atoms with Gasteiger partial charge in [0.2, 0.25) is 0 Å². The van der Waals surface area contributed by atoms with Gasteiger partial charge in [0.1, 0.15) is 17.7 Å². The van der Waals surface area contributed by atoms with Crippen LogP contribution in [0.3, 0.4) is 0 Å². The number of aliphatic hydroxyl groups excluding tert-OH is 1. The lowest BCUT2D eigenvalue weighted by molar-refractivity contribution is 0.186. The zero-order chi connectivity index (χ0) is 15.0. The molecule has 0 radical (unpaired) electrons. The molecule has 0 aliphatic heterocycles. The Morgan fingerprint density at radius 2 is 2.00 bits per heavy atom. The Morgan fingerprint density at radius 3 is 2.71 bits per heavy atom. The molecule has 2 N–H and O–H groups in total. The number of hydrogen-bond donors (Lipinski definition) is 2. The van der Waals surface area contributed by atoms with Gasteiger partial charge < -0.3 is 15.0 Å². The smallest absolute Gasteiger partial charge is 0.138 e. The number of pyridine rings is 1. The summed E-state index contributed by atoms with van der Waals surface area (Å²) in [5.74, 6) is 1.47. The fraction of sp³-hybridized carbons (Fsp3) is 0.250. The normalized spacial score (nSPS) is 12.6. The summed E-state index contributed by atoms with van der Waals surface area (Å²) in [4.78, 5) is 8.91. The number of nitrogens with zero attached hydrogens (tertiary/aromatic N) is 3. The van der Waals surface area contributed by atoms with Gasteiger partial charge in [0.05, 0.1) is 11.0 Å². The summed E-state index contributed by atoms with van der Waals surface area (Å²) in [5, 5.41) is 13.0. The van der Waals surface area contributed by atoms with Crippen LogP contribution in [0, 0.1) is 6.92 Å². The van der Waals surface area contributed by atoms with Crippen molar-refractivity contribution in [2.45, 2.75) is 20.0 Å². The fourth-order valence-corrected chi connectivity index (χ4v) is 2.43. The third-order valence-corrected chi connectivity index (χ3v) is 3.45. The van der Waals surface area contributed by atoms with E-state index in [-0.39, 0.29) is 0 Å². The summed E-state index contributed by atoms with van der Waals surface area (Å²) in [6.07, 6.45) is -0.586. The van der Waals surface area contributed by atoms with Gasteiger partial charge in [-0.1, -0.05) is 6.07 Å². The Hall–Kier alpha value is -2.40. The van der Waals surface area contributed by atoms with Gasteiger partial charge in [-0.25, -0.2) is 9.97 Å². The molecule has 0 saturated carbocycles. The highest BCUT2D eigenvalue weighted by Gasteiger charge is 2.12. The molecule has 0 aliphatic carbocycles. The number of aliphatic hydroxyl groups is 1. The molecular weight excluding hydrogens is 264 g/mol. The summed E-state index contributed by atoms with van der Waals surface area (Å²) < 4.78 is 1.91. The van der Waals surface area contributed by atoms with Gasteiger partial charge in [0, 0.05) is 18.4 Å². The van der Waals surface area contributed by atoms with E-state index in [1.165, 1.54) is 0 Å². The molecule has 0 fully saturated rings. The Balaban J connectivity index is 1.98. The molecule has 5 heteroatoms. The van der Waals surface area contributed by atoms with E-state index in [9.17, 15) is 5.11 Å². The lowest BCUT2D eigenvalue weighted by atomic mass is 10.2. The number of anilines is 2. The van der Waals surface area contributed by atoms with Gasteiger partial charge in [-0.3, -0.25) is 0 Å². The highest BCUT2D eigenvalue weighted by molar-refractivity contribution is 5.81. The van der Waals surface area contributed by atoms with Gasteiger partial charge in [-0.2, -0.15) is 0 Å². The Labute approximate surface area is 123 Å². The van der Waals surface area contributed by atoms with Gasteiger partial charge in [0.25, 0.3) is 0 Å². The average molecular weight is 282 g/mol. The summed E-state index contributed by atoms with van der Waals surface area (Å²) in [6.45, 7) is 3.68. The van der Waals surface area contributed by atoms with Crippen LogP contribution < -0.4 is 5.32 Å². The monoisotopic (exact) mass is 282 g/mol. The fourth-order valence-electron chi connectivity index (χ4n) is 2.43. The number of rotatable bonds is 3. The van der Waals surface area contributed by atoms with E-state index >= 15 is 0 Å². The predicted octanol–water partition coefficient (Wildman–Crippen LogP) is 3.07. The average Bonchev–Trinajstić information content (AvgIpc) is 2.76. The molecule has 21 heavy (non-hydrogen) atoms. The van der Waals surface area contributed by atoms with Crippen LogP contribution in [0.15, 0.2) is 36.4 Å². The highest BCUT2D eigenvalue weighted by Crippen LogP contribution is 2.24. The minimum absolute atomic E-state index is 0.586. The van der Waals surface area contributed by atoms with Gasteiger partial charge in [-0.05, 0) is 44.2 Å². The zero-order valence-corrected chi connectivity index (χ0v) is 12.3. The van der Waals surface area contributed by atoms with E-state index < -0.39 is 6.10 Å². The van der Waals surface area contributed by atoms with E-state index in [1.807, 2.05) is 54.9 Å². The van der Waals surface area contributed by atoms with Crippen LogP contribution in [0.25, 0.3) is 11.0 Å². The van der Waals surface area contributed by atoms with E-state index in [4.69, 9.17) is 0 Å². The second-order valence-corrected chi connectivity index (χ2v) is 5.20. The number of hydrogen-bond acceptors (Lipinski definition) is 4. The molecule has 108 valence electrons. The topological polar surface area (TPSA) is 63.0 Å². The number of nitrogens with one attached hydrogen (secondary N) is 1. The van der Waals surface area contributed by atoms with Crippen molar-refractivity contribution >= 4 is 22.5 Å². The first-order valence-electron chi connectivity index (χ1n) is 6.90. The number of benzene rings is 1.